The minimum absolute atomic E-state index is 0. The van der Waals surface area contributed by atoms with Crippen LogP contribution >= 0.6 is 24.8 Å². The molecule has 1 fully saturated rings. The van der Waals surface area contributed by atoms with E-state index in [4.69, 9.17) is 10.5 Å². The number of aryl methyl sites for hydroxylation is 1. The van der Waals surface area contributed by atoms with Crippen molar-refractivity contribution in [2.45, 2.75) is 13.0 Å². The summed E-state index contributed by atoms with van der Waals surface area (Å²) in [4.78, 5) is 28.2. The predicted octanol–water partition coefficient (Wildman–Crippen LogP) is 0.745. The SMILES string of the molecule is COCCNC(=O)CN1CCN(C(=O)C(N)c2ccc(C)cc2)CC1.Cl.Cl. The summed E-state index contributed by atoms with van der Waals surface area (Å²) >= 11 is 0. The van der Waals surface area contributed by atoms with E-state index in [-0.39, 0.29) is 36.6 Å². The number of methoxy groups -OCH3 is 1. The second kappa shape index (κ2) is 12.9. The van der Waals surface area contributed by atoms with Crippen LogP contribution in [0.1, 0.15) is 17.2 Å². The fourth-order valence-corrected chi connectivity index (χ4v) is 2.79. The Morgan fingerprint density at radius 3 is 2.30 bits per heavy atom. The standard InChI is InChI=1S/C18H28N4O3.2ClH/c1-14-3-5-15(6-4-14)17(19)18(24)22-10-8-21(9-11-22)13-16(23)20-7-12-25-2;;/h3-6,17H,7-13,19H2,1-2H3,(H,20,23);2*1H. The number of halogens is 2. The zero-order valence-electron chi connectivity index (χ0n) is 15.8. The summed E-state index contributed by atoms with van der Waals surface area (Å²) in [6, 6.07) is 7.09. The first-order valence-corrected chi connectivity index (χ1v) is 8.60. The lowest BCUT2D eigenvalue weighted by molar-refractivity contribution is -0.134. The highest BCUT2D eigenvalue weighted by atomic mass is 35.5. The Hall–Kier alpha value is -1.38. The Balaban J connectivity index is 0.00000338. The van der Waals surface area contributed by atoms with Crippen LogP contribution in [0.15, 0.2) is 24.3 Å². The van der Waals surface area contributed by atoms with Gasteiger partial charge >= 0.3 is 0 Å². The second-order valence-electron chi connectivity index (χ2n) is 6.33. The molecule has 1 unspecified atom stereocenters. The van der Waals surface area contributed by atoms with Gasteiger partial charge in [0.15, 0.2) is 0 Å². The summed E-state index contributed by atoms with van der Waals surface area (Å²) in [6.45, 7) is 5.88. The van der Waals surface area contributed by atoms with Gasteiger partial charge in [-0.2, -0.15) is 0 Å². The van der Waals surface area contributed by atoms with Crippen LogP contribution in [-0.2, 0) is 14.3 Å². The molecule has 27 heavy (non-hydrogen) atoms. The molecule has 1 aliphatic heterocycles. The molecule has 2 rings (SSSR count). The average Bonchev–Trinajstić information content (AvgIpc) is 2.62. The number of carbonyl (C=O) groups is 2. The van der Waals surface area contributed by atoms with Gasteiger partial charge in [-0.05, 0) is 12.5 Å². The predicted molar refractivity (Wildman–Crippen MR) is 111 cm³/mol. The van der Waals surface area contributed by atoms with Gasteiger partial charge in [-0.1, -0.05) is 29.8 Å². The summed E-state index contributed by atoms with van der Waals surface area (Å²) in [6.07, 6.45) is 0. The van der Waals surface area contributed by atoms with Gasteiger partial charge in [0.25, 0.3) is 0 Å². The summed E-state index contributed by atoms with van der Waals surface area (Å²) in [5.74, 6) is -0.0822. The van der Waals surface area contributed by atoms with Crippen molar-refractivity contribution in [1.82, 2.24) is 15.1 Å². The molecule has 0 bridgehead atoms. The van der Waals surface area contributed by atoms with Crippen LogP contribution in [0.5, 0.6) is 0 Å². The zero-order valence-corrected chi connectivity index (χ0v) is 17.5. The van der Waals surface area contributed by atoms with E-state index in [2.05, 4.69) is 5.32 Å². The highest BCUT2D eigenvalue weighted by Crippen LogP contribution is 2.15. The van der Waals surface area contributed by atoms with Crippen LogP contribution in [0.4, 0.5) is 0 Å². The first kappa shape index (κ1) is 25.6. The Kier molecular flexibility index (Phi) is 12.2. The smallest absolute Gasteiger partial charge is 0.244 e. The van der Waals surface area contributed by atoms with Gasteiger partial charge in [0, 0.05) is 39.8 Å². The van der Waals surface area contributed by atoms with E-state index in [1.165, 1.54) is 0 Å². The van der Waals surface area contributed by atoms with Crippen molar-refractivity contribution in [2.75, 3.05) is 53.0 Å². The fraction of sp³-hybridized carbons (Fsp3) is 0.556. The number of nitrogens with two attached hydrogens (primary N) is 1. The first-order valence-electron chi connectivity index (χ1n) is 8.60. The topological polar surface area (TPSA) is 87.9 Å². The molecule has 3 N–H and O–H groups in total. The normalized spacial score (nSPS) is 15.3. The monoisotopic (exact) mass is 420 g/mol. The highest BCUT2D eigenvalue weighted by molar-refractivity contribution is 5.85. The second-order valence-corrected chi connectivity index (χ2v) is 6.33. The molecule has 1 saturated heterocycles. The number of amides is 2. The molecule has 7 nitrogen and oxygen atoms in total. The molecule has 154 valence electrons. The van der Waals surface area contributed by atoms with Gasteiger partial charge in [-0.3, -0.25) is 14.5 Å². The maximum absolute atomic E-state index is 12.6. The molecule has 0 radical (unpaired) electrons. The lowest BCUT2D eigenvalue weighted by Gasteiger charge is -2.35. The van der Waals surface area contributed by atoms with Crippen LogP contribution in [0.2, 0.25) is 0 Å². The molecule has 9 heteroatoms. The van der Waals surface area contributed by atoms with Crippen molar-refractivity contribution in [2.24, 2.45) is 5.73 Å². The Labute approximate surface area is 173 Å². The van der Waals surface area contributed by atoms with Crippen LogP contribution in [0.3, 0.4) is 0 Å². The number of hydrogen-bond acceptors (Lipinski definition) is 5. The maximum Gasteiger partial charge on any atom is 0.244 e. The van der Waals surface area contributed by atoms with Gasteiger partial charge in [0.05, 0.1) is 13.2 Å². The molecule has 1 aliphatic rings. The molecule has 0 aromatic heterocycles. The van der Waals surface area contributed by atoms with Crippen LogP contribution in [0.25, 0.3) is 0 Å². The molecule has 1 heterocycles. The minimum Gasteiger partial charge on any atom is -0.383 e. The molecule has 0 aliphatic carbocycles. The molecule has 0 saturated carbocycles. The number of nitrogens with one attached hydrogen (secondary N) is 1. The molecule has 0 spiro atoms. The van der Waals surface area contributed by atoms with Gasteiger partial charge in [0.1, 0.15) is 6.04 Å². The van der Waals surface area contributed by atoms with Crippen molar-refractivity contribution in [3.63, 3.8) is 0 Å². The Bertz CT molecular complexity index is 578. The molecule has 1 aromatic carbocycles. The van der Waals surface area contributed by atoms with Gasteiger partial charge in [-0.15, -0.1) is 24.8 Å². The highest BCUT2D eigenvalue weighted by Gasteiger charge is 2.26. The minimum atomic E-state index is -0.635. The number of benzene rings is 1. The fourth-order valence-electron chi connectivity index (χ4n) is 2.79. The maximum atomic E-state index is 12.6. The Morgan fingerprint density at radius 2 is 1.74 bits per heavy atom. The van der Waals surface area contributed by atoms with Crippen LogP contribution in [0, 0.1) is 6.92 Å². The van der Waals surface area contributed by atoms with E-state index in [0.29, 0.717) is 45.9 Å². The van der Waals surface area contributed by atoms with Crippen LogP contribution < -0.4 is 11.1 Å². The van der Waals surface area contributed by atoms with E-state index in [1.54, 1.807) is 12.0 Å². The van der Waals surface area contributed by atoms with Crippen molar-refractivity contribution < 1.29 is 14.3 Å². The lowest BCUT2D eigenvalue weighted by Crippen LogP contribution is -2.52. The molecule has 1 atom stereocenters. The van der Waals surface area contributed by atoms with E-state index < -0.39 is 6.04 Å². The van der Waals surface area contributed by atoms with Crippen LogP contribution in [-0.4, -0.2) is 74.6 Å². The number of carbonyl (C=O) groups excluding carboxylic acids is 2. The van der Waals surface area contributed by atoms with Crippen molar-refractivity contribution >= 4 is 36.6 Å². The lowest BCUT2D eigenvalue weighted by atomic mass is 10.0. The van der Waals surface area contributed by atoms with E-state index >= 15 is 0 Å². The van der Waals surface area contributed by atoms with E-state index in [0.717, 1.165) is 11.1 Å². The van der Waals surface area contributed by atoms with Crippen molar-refractivity contribution in [1.29, 1.82) is 0 Å². The molecular weight excluding hydrogens is 391 g/mol. The first-order chi connectivity index (χ1) is 12.0. The molecule has 2 amide bonds. The summed E-state index contributed by atoms with van der Waals surface area (Å²) in [5.41, 5.74) is 8.09. The van der Waals surface area contributed by atoms with E-state index in [1.807, 2.05) is 36.1 Å². The average molecular weight is 421 g/mol. The molecular formula is C18H30Cl2N4O3. The van der Waals surface area contributed by atoms with Gasteiger partial charge < -0.3 is 20.7 Å². The summed E-state index contributed by atoms with van der Waals surface area (Å²) in [5, 5.41) is 2.80. The Morgan fingerprint density at radius 1 is 1.15 bits per heavy atom. The number of hydrogen-bond donors (Lipinski definition) is 2. The number of ether oxygens (including phenoxy) is 1. The summed E-state index contributed by atoms with van der Waals surface area (Å²) in [7, 11) is 1.60. The number of rotatable bonds is 7. The van der Waals surface area contributed by atoms with Crippen molar-refractivity contribution in [3.8, 4) is 0 Å². The molecule has 1 aromatic rings. The third-order valence-electron chi connectivity index (χ3n) is 4.38. The largest absolute Gasteiger partial charge is 0.383 e. The van der Waals surface area contributed by atoms with Crippen molar-refractivity contribution in [3.05, 3.63) is 35.4 Å². The quantitative estimate of drug-likeness (QED) is 0.635. The zero-order chi connectivity index (χ0) is 18.2. The van der Waals surface area contributed by atoms with Gasteiger partial charge in [0.2, 0.25) is 11.8 Å². The number of nitrogens with zero attached hydrogens (tertiary/aromatic N) is 2. The third kappa shape index (κ3) is 8.02. The summed E-state index contributed by atoms with van der Waals surface area (Å²) < 4.78 is 4.90. The number of piperazine rings is 1. The third-order valence-corrected chi connectivity index (χ3v) is 4.38. The van der Waals surface area contributed by atoms with Gasteiger partial charge in [-0.25, -0.2) is 0 Å². The van der Waals surface area contributed by atoms with E-state index in [9.17, 15) is 9.59 Å².